The van der Waals surface area contributed by atoms with Gasteiger partial charge in [0.15, 0.2) is 5.69 Å². The van der Waals surface area contributed by atoms with Crippen molar-refractivity contribution in [1.82, 2.24) is 20.4 Å². The fraction of sp³-hybridized carbons (Fsp3) is 0.346. The number of rotatable bonds is 6. The van der Waals surface area contributed by atoms with Gasteiger partial charge in [0.2, 0.25) is 0 Å². The molecule has 2 atom stereocenters. The number of hydrogen-bond donors (Lipinski definition) is 2. The van der Waals surface area contributed by atoms with Crippen LogP contribution >= 0.6 is 0 Å². The van der Waals surface area contributed by atoms with Gasteiger partial charge in [-0.3, -0.25) is 14.3 Å². The molecule has 2 aromatic carbocycles. The second-order valence-electron chi connectivity index (χ2n) is 8.68. The number of nitrogens with one attached hydrogen (secondary N) is 2. The van der Waals surface area contributed by atoms with Gasteiger partial charge < -0.3 is 10.6 Å². The summed E-state index contributed by atoms with van der Waals surface area (Å²) >= 11 is 0. The molecule has 0 spiro atoms. The van der Waals surface area contributed by atoms with Crippen molar-refractivity contribution in [1.29, 1.82) is 0 Å². The van der Waals surface area contributed by atoms with Crippen LogP contribution in [0.4, 0.5) is 0 Å². The van der Waals surface area contributed by atoms with Crippen LogP contribution in [0.2, 0.25) is 0 Å². The highest BCUT2D eigenvalue weighted by Crippen LogP contribution is 2.21. The summed E-state index contributed by atoms with van der Waals surface area (Å²) in [6, 6.07) is 11.9. The Hall–Kier alpha value is -3.41. The highest BCUT2D eigenvalue weighted by Gasteiger charge is 2.24. The first-order chi connectivity index (χ1) is 15.1. The van der Waals surface area contributed by atoms with Crippen LogP contribution in [0, 0.1) is 27.7 Å². The summed E-state index contributed by atoms with van der Waals surface area (Å²) in [5, 5.41) is 10.3. The minimum atomic E-state index is -0.373. The lowest BCUT2D eigenvalue weighted by Crippen LogP contribution is -2.32. The van der Waals surface area contributed by atoms with Crippen LogP contribution in [-0.2, 0) is 7.05 Å². The summed E-state index contributed by atoms with van der Waals surface area (Å²) in [5.74, 6) is -0.697. The lowest BCUT2D eigenvalue weighted by atomic mass is 9.99. The smallest absolute Gasteiger partial charge is 0.273 e. The number of amides is 2. The van der Waals surface area contributed by atoms with E-state index in [2.05, 4.69) is 27.9 Å². The normalized spacial score (nSPS) is 12.8. The standard InChI is InChI=1S/C26H32N4O2/c1-15-8-10-21(17(3)12-15)19(5)27-25(31)23-14-30(7)29-24(23)26(32)28-20(6)22-11-9-16(2)13-18(22)4/h8-14,19-20H,1-7H3,(H,27,31)(H,28,32)/t19-,20+/m1/s1. The molecule has 0 saturated carbocycles. The van der Waals surface area contributed by atoms with Gasteiger partial charge in [-0.15, -0.1) is 0 Å². The quantitative estimate of drug-likeness (QED) is 0.596. The largest absolute Gasteiger partial charge is 0.345 e. The molecule has 0 aliphatic rings. The van der Waals surface area contributed by atoms with E-state index in [1.54, 1.807) is 13.2 Å². The zero-order valence-corrected chi connectivity index (χ0v) is 19.9. The molecular weight excluding hydrogens is 400 g/mol. The summed E-state index contributed by atoms with van der Waals surface area (Å²) in [6.07, 6.45) is 1.58. The molecule has 0 saturated heterocycles. The molecule has 0 aliphatic heterocycles. The van der Waals surface area contributed by atoms with E-state index < -0.39 is 0 Å². The summed E-state index contributed by atoms with van der Waals surface area (Å²) in [4.78, 5) is 26.1. The molecule has 0 fully saturated rings. The molecule has 6 heteroatoms. The van der Waals surface area contributed by atoms with Gasteiger partial charge in [0.05, 0.1) is 17.6 Å². The highest BCUT2D eigenvalue weighted by molar-refractivity contribution is 6.06. The van der Waals surface area contributed by atoms with Crippen LogP contribution in [0.25, 0.3) is 0 Å². The molecule has 1 heterocycles. The third kappa shape index (κ3) is 5.07. The van der Waals surface area contributed by atoms with E-state index in [0.717, 1.165) is 22.3 Å². The van der Waals surface area contributed by atoms with E-state index in [9.17, 15) is 9.59 Å². The predicted molar refractivity (Wildman–Crippen MR) is 127 cm³/mol. The highest BCUT2D eigenvalue weighted by atomic mass is 16.2. The minimum Gasteiger partial charge on any atom is -0.345 e. The summed E-state index contributed by atoms with van der Waals surface area (Å²) < 4.78 is 1.49. The molecular formula is C26H32N4O2. The Morgan fingerprint density at radius 2 is 1.28 bits per heavy atom. The SMILES string of the molecule is Cc1ccc([C@H](C)NC(=O)c2nn(C)cc2C(=O)N[C@H](C)c2ccc(C)cc2C)c(C)c1. The average molecular weight is 433 g/mol. The van der Waals surface area contributed by atoms with E-state index in [1.165, 1.54) is 15.8 Å². The number of aromatic nitrogens is 2. The molecule has 3 rings (SSSR count). The van der Waals surface area contributed by atoms with Crippen LogP contribution in [0.15, 0.2) is 42.6 Å². The molecule has 2 N–H and O–H groups in total. The monoisotopic (exact) mass is 432 g/mol. The van der Waals surface area contributed by atoms with Crippen LogP contribution < -0.4 is 10.6 Å². The molecule has 2 amide bonds. The van der Waals surface area contributed by atoms with Crippen molar-refractivity contribution < 1.29 is 9.59 Å². The lowest BCUT2D eigenvalue weighted by molar-refractivity contribution is 0.0902. The van der Waals surface area contributed by atoms with Gasteiger partial charge in [-0.1, -0.05) is 47.5 Å². The number of aryl methyl sites for hydroxylation is 5. The second-order valence-corrected chi connectivity index (χ2v) is 8.68. The second kappa shape index (κ2) is 9.39. The summed E-state index contributed by atoms with van der Waals surface area (Å²) in [5.41, 5.74) is 7.03. The Bertz CT molecular complexity index is 1070. The maximum absolute atomic E-state index is 13.0. The molecule has 168 valence electrons. The molecule has 1 aromatic heterocycles. The van der Waals surface area contributed by atoms with Crippen molar-refractivity contribution in [2.45, 2.75) is 53.6 Å². The van der Waals surface area contributed by atoms with Crippen LogP contribution in [-0.4, -0.2) is 21.6 Å². The minimum absolute atomic E-state index is 0.120. The van der Waals surface area contributed by atoms with E-state index in [4.69, 9.17) is 0 Å². The Balaban J connectivity index is 1.78. The topological polar surface area (TPSA) is 76.0 Å². The number of nitrogens with zero attached hydrogens (tertiary/aromatic N) is 2. The Morgan fingerprint density at radius 3 is 1.75 bits per heavy atom. The Labute approximate surface area is 190 Å². The van der Waals surface area contributed by atoms with E-state index in [-0.39, 0.29) is 35.2 Å². The van der Waals surface area contributed by atoms with Crippen molar-refractivity contribution in [3.8, 4) is 0 Å². The van der Waals surface area contributed by atoms with Crippen molar-refractivity contribution in [3.05, 3.63) is 87.2 Å². The molecule has 32 heavy (non-hydrogen) atoms. The van der Waals surface area contributed by atoms with Gasteiger partial charge in [0.25, 0.3) is 11.8 Å². The van der Waals surface area contributed by atoms with E-state index >= 15 is 0 Å². The third-order valence-corrected chi connectivity index (χ3v) is 5.77. The number of benzene rings is 2. The fourth-order valence-corrected chi connectivity index (χ4v) is 4.14. The zero-order valence-electron chi connectivity index (χ0n) is 19.9. The molecule has 3 aromatic rings. The van der Waals surface area contributed by atoms with E-state index in [1.807, 2.05) is 65.8 Å². The van der Waals surface area contributed by atoms with Crippen molar-refractivity contribution in [2.24, 2.45) is 7.05 Å². The van der Waals surface area contributed by atoms with Gasteiger partial charge in [-0.25, -0.2) is 0 Å². The maximum atomic E-state index is 13.0. The van der Waals surface area contributed by atoms with Gasteiger partial charge >= 0.3 is 0 Å². The maximum Gasteiger partial charge on any atom is 0.273 e. The molecule has 0 unspecified atom stereocenters. The zero-order chi connectivity index (χ0) is 23.6. The summed E-state index contributed by atoms with van der Waals surface area (Å²) in [7, 11) is 1.70. The third-order valence-electron chi connectivity index (χ3n) is 5.77. The molecule has 0 radical (unpaired) electrons. The number of carbonyl (C=O) groups is 2. The fourth-order valence-electron chi connectivity index (χ4n) is 4.14. The molecule has 6 nitrogen and oxygen atoms in total. The Kier molecular flexibility index (Phi) is 6.82. The molecule has 0 bridgehead atoms. The first-order valence-electron chi connectivity index (χ1n) is 10.9. The first-order valence-corrected chi connectivity index (χ1v) is 10.9. The van der Waals surface area contributed by atoms with Crippen molar-refractivity contribution >= 4 is 11.8 Å². The first kappa shape index (κ1) is 23.3. The van der Waals surface area contributed by atoms with Crippen molar-refractivity contribution in [3.63, 3.8) is 0 Å². The van der Waals surface area contributed by atoms with E-state index in [0.29, 0.717) is 0 Å². The average Bonchev–Trinajstić information content (AvgIpc) is 3.09. The predicted octanol–water partition coefficient (Wildman–Crippen LogP) is 4.64. The van der Waals surface area contributed by atoms with Crippen molar-refractivity contribution in [2.75, 3.05) is 0 Å². The van der Waals surface area contributed by atoms with Crippen LogP contribution in [0.5, 0.6) is 0 Å². The molecule has 0 aliphatic carbocycles. The Morgan fingerprint density at radius 1 is 0.812 bits per heavy atom. The number of carbonyl (C=O) groups excluding carboxylic acids is 2. The van der Waals surface area contributed by atoms with Gasteiger partial charge in [0.1, 0.15) is 0 Å². The number of hydrogen-bond acceptors (Lipinski definition) is 3. The van der Waals surface area contributed by atoms with Gasteiger partial charge in [-0.2, -0.15) is 5.10 Å². The van der Waals surface area contributed by atoms with Crippen LogP contribution in [0.3, 0.4) is 0 Å². The summed E-state index contributed by atoms with van der Waals surface area (Å²) in [6.45, 7) is 12.0. The van der Waals surface area contributed by atoms with Crippen LogP contribution in [0.1, 0.15) is 80.2 Å². The van der Waals surface area contributed by atoms with Gasteiger partial charge in [0, 0.05) is 13.2 Å². The lowest BCUT2D eigenvalue weighted by Gasteiger charge is -2.18. The van der Waals surface area contributed by atoms with Gasteiger partial charge in [-0.05, 0) is 63.8 Å².